The Kier molecular flexibility index (Phi) is 3.05. The summed E-state index contributed by atoms with van der Waals surface area (Å²) in [4.78, 5) is 4.47. The van der Waals surface area contributed by atoms with Crippen LogP contribution in [0.1, 0.15) is 56.7 Å². The lowest BCUT2D eigenvalue weighted by molar-refractivity contribution is 0.313. The molecule has 1 saturated carbocycles. The first-order chi connectivity index (χ1) is 7.22. The summed E-state index contributed by atoms with van der Waals surface area (Å²) in [5.41, 5.74) is 5.71. The number of nitrogens with two attached hydrogens (primary N) is 1. The van der Waals surface area contributed by atoms with Crippen LogP contribution in [0.25, 0.3) is 0 Å². The topological polar surface area (TPSA) is 64.9 Å². The van der Waals surface area contributed by atoms with Crippen molar-refractivity contribution in [2.45, 2.75) is 44.9 Å². The Labute approximate surface area is 90.2 Å². The third-order valence-corrected chi connectivity index (χ3v) is 3.30. The van der Waals surface area contributed by atoms with Gasteiger partial charge in [0, 0.05) is 12.5 Å². The fraction of sp³-hybridized carbons (Fsp3) is 0.818. The van der Waals surface area contributed by atoms with Gasteiger partial charge in [-0.2, -0.15) is 4.98 Å². The summed E-state index contributed by atoms with van der Waals surface area (Å²) in [7, 11) is 0. The molecule has 0 spiro atoms. The van der Waals surface area contributed by atoms with Crippen LogP contribution in [0.5, 0.6) is 0 Å². The summed E-state index contributed by atoms with van der Waals surface area (Å²) in [6.07, 6.45) is 3.70. The van der Waals surface area contributed by atoms with Crippen molar-refractivity contribution in [2.24, 2.45) is 11.7 Å². The van der Waals surface area contributed by atoms with Crippen LogP contribution in [0.15, 0.2) is 4.52 Å². The minimum atomic E-state index is 0.200. The van der Waals surface area contributed by atoms with Gasteiger partial charge in [-0.25, -0.2) is 0 Å². The monoisotopic (exact) mass is 209 g/mol. The van der Waals surface area contributed by atoms with E-state index in [1.165, 1.54) is 19.3 Å². The average molecular weight is 209 g/mol. The van der Waals surface area contributed by atoms with Gasteiger partial charge in [-0.3, -0.25) is 0 Å². The molecule has 1 unspecified atom stereocenters. The third kappa shape index (κ3) is 2.04. The maximum absolute atomic E-state index is 5.71. The summed E-state index contributed by atoms with van der Waals surface area (Å²) in [5, 5.41) is 4.05. The van der Waals surface area contributed by atoms with Gasteiger partial charge < -0.3 is 10.3 Å². The van der Waals surface area contributed by atoms with E-state index in [1.54, 1.807) is 0 Å². The van der Waals surface area contributed by atoms with Crippen LogP contribution in [0.4, 0.5) is 0 Å². The van der Waals surface area contributed by atoms with E-state index in [0.29, 0.717) is 18.4 Å². The lowest BCUT2D eigenvalue weighted by Crippen LogP contribution is -2.18. The van der Waals surface area contributed by atoms with E-state index in [0.717, 1.165) is 11.7 Å². The summed E-state index contributed by atoms with van der Waals surface area (Å²) >= 11 is 0. The standard InChI is InChI=1S/C11H19N3O/c1-7(2)9(6-12)11-13-10(14-15-11)8-4-3-5-8/h7-9H,3-6,12H2,1-2H3. The summed E-state index contributed by atoms with van der Waals surface area (Å²) in [6.45, 7) is 4.83. The van der Waals surface area contributed by atoms with Crippen molar-refractivity contribution in [3.05, 3.63) is 11.7 Å². The van der Waals surface area contributed by atoms with Gasteiger partial charge in [0.2, 0.25) is 5.89 Å². The molecule has 0 aliphatic heterocycles. The quantitative estimate of drug-likeness (QED) is 0.824. The van der Waals surface area contributed by atoms with E-state index in [1.807, 2.05) is 0 Å². The van der Waals surface area contributed by atoms with Crippen molar-refractivity contribution >= 4 is 0 Å². The van der Waals surface area contributed by atoms with Crippen molar-refractivity contribution in [2.75, 3.05) is 6.54 Å². The number of hydrogen-bond acceptors (Lipinski definition) is 4. The number of rotatable bonds is 4. The molecule has 4 heteroatoms. The first-order valence-electron chi connectivity index (χ1n) is 5.76. The molecule has 0 radical (unpaired) electrons. The molecule has 0 aromatic carbocycles. The zero-order valence-electron chi connectivity index (χ0n) is 9.44. The summed E-state index contributed by atoms with van der Waals surface area (Å²) in [5.74, 6) is 2.79. The molecule has 2 rings (SSSR count). The van der Waals surface area contributed by atoms with Crippen molar-refractivity contribution in [3.63, 3.8) is 0 Å². The molecule has 1 aromatic rings. The zero-order valence-corrected chi connectivity index (χ0v) is 9.44. The van der Waals surface area contributed by atoms with Crippen molar-refractivity contribution in [3.8, 4) is 0 Å². The highest BCUT2D eigenvalue weighted by Gasteiger charge is 2.27. The molecule has 1 fully saturated rings. The second-order valence-corrected chi connectivity index (χ2v) is 4.70. The Morgan fingerprint density at radius 1 is 1.47 bits per heavy atom. The highest BCUT2D eigenvalue weighted by atomic mass is 16.5. The molecule has 0 amide bonds. The van der Waals surface area contributed by atoms with Gasteiger partial charge in [0.15, 0.2) is 5.82 Å². The summed E-state index contributed by atoms with van der Waals surface area (Å²) in [6, 6.07) is 0. The number of nitrogens with zero attached hydrogens (tertiary/aromatic N) is 2. The van der Waals surface area contributed by atoms with E-state index < -0.39 is 0 Å². The molecule has 2 N–H and O–H groups in total. The average Bonchev–Trinajstić information content (AvgIpc) is 2.51. The first-order valence-corrected chi connectivity index (χ1v) is 5.76. The van der Waals surface area contributed by atoms with E-state index >= 15 is 0 Å². The highest BCUT2D eigenvalue weighted by molar-refractivity contribution is 5.03. The Hall–Kier alpha value is -0.900. The van der Waals surface area contributed by atoms with E-state index in [9.17, 15) is 0 Å². The minimum Gasteiger partial charge on any atom is -0.339 e. The van der Waals surface area contributed by atoms with Crippen molar-refractivity contribution < 1.29 is 4.52 Å². The van der Waals surface area contributed by atoms with Crippen LogP contribution in [-0.2, 0) is 0 Å². The summed E-state index contributed by atoms with van der Waals surface area (Å²) < 4.78 is 5.29. The van der Waals surface area contributed by atoms with Gasteiger partial charge in [-0.1, -0.05) is 25.4 Å². The van der Waals surface area contributed by atoms with Gasteiger partial charge in [-0.05, 0) is 18.8 Å². The largest absolute Gasteiger partial charge is 0.339 e. The Morgan fingerprint density at radius 2 is 2.20 bits per heavy atom. The molecule has 15 heavy (non-hydrogen) atoms. The fourth-order valence-electron chi connectivity index (χ4n) is 1.89. The van der Waals surface area contributed by atoms with Crippen molar-refractivity contribution in [1.29, 1.82) is 0 Å². The molecule has 4 nitrogen and oxygen atoms in total. The maximum atomic E-state index is 5.71. The predicted octanol–water partition coefficient (Wildman–Crippen LogP) is 2.04. The van der Waals surface area contributed by atoms with Crippen molar-refractivity contribution in [1.82, 2.24) is 10.1 Å². The highest BCUT2D eigenvalue weighted by Crippen LogP contribution is 2.35. The molecule has 0 bridgehead atoms. The lowest BCUT2D eigenvalue weighted by atomic mass is 9.85. The van der Waals surface area contributed by atoms with E-state index in [4.69, 9.17) is 10.3 Å². The molecular formula is C11H19N3O. The van der Waals surface area contributed by atoms with Gasteiger partial charge in [0.1, 0.15) is 0 Å². The Bertz CT molecular complexity index is 317. The first kappa shape index (κ1) is 10.6. The molecule has 84 valence electrons. The molecule has 1 aromatic heterocycles. The molecule has 1 aliphatic carbocycles. The van der Waals surface area contributed by atoms with Gasteiger partial charge in [-0.15, -0.1) is 0 Å². The van der Waals surface area contributed by atoms with Crippen LogP contribution >= 0.6 is 0 Å². The Balaban J connectivity index is 2.10. The second kappa shape index (κ2) is 4.31. The second-order valence-electron chi connectivity index (χ2n) is 4.70. The maximum Gasteiger partial charge on any atom is 0.231 e. The Morgan fingerprint density at radius 3 is 2.67 bits per heavy atom. The molecular weight excluding hydrogens is 190 g/mol. The molecule has 1 atom stereocenters. The van der Waals surface area contributed by atoms with Gasteiger partial charge in [0.05, 0.1) is 5.92 Å². The minimum absolute atomic E-state index is 0.200. The number of hydrogen-bond donors (Lipinski definition) is 1. The third-order valence-electron chi connectivity index (χ3n) is 3.30. The van der Waals surface area contributed by atoms with Gasteiger partial charge in [0.25, 0.3) is 0 Å². The molecule has 0 saturated heterocycles. The smallest absolute Gasteiger partial charge is 0.231 e. The zero-order chi connectivity index (χ0) is 10.8. The van der Waals surface area contributed by atoms with Crippen LogP contribution in [-0.4, -0.2) is 16.7 Å². The fourth-order valence-corrected chi connectivity index (χ4v) is 1.89. The molecule has 1 aliphatic rings. The van der Waals surface area contributed by atoms with Gasteiger partial charge >= 0.3 is 0 Å². The van der Waals surface area contributed by atoms with Crippen LogP contribution in [0.2, 0.25) is 0 Å². The van der Waals surface area contributed by atoms with E-state index in [-0.39, 0.29) is 5.92 Å². The van der Waals surface area contributed by atoms with Crippen LogP contribution < -0.4 is 5.73 Å². The predicted molar refractivity (Wildman–Crippen MR) is 57.5 cm³/mol. The normalized spacial score (nSPS) is 19.2. The SMILES string of the molecule is CC(C)C(CN)c1nc(C2CCC2)no1. The van der Waals surface area contributed by atoms with Crippen LogP contribution in [0.3, 0.4) is 0 Å². The number of aromatic nitrogens is 2. The van der Waals surface area contributed by atoms with E-state index in [2.05, 4.69) is 24.0 Å². The van der Waals surface area contributed by atoms with Crippen LogP contribution in [0, 0.1) is 5.92 Å². The lowest BCUT2D eigenvalue weighted by Gasteiger charge is -2.21. The molecule has 1 heterocycles.